The summed E-state index contributed by atoms with van der Waals surface area (Å²) in [6, 6.07) is 10.6. The molecule has 0 saturated carbocycles. The molecule has 1 aromatic carbocycles. The van der Waals surface area contributed by atoms with Crippen molar-refractivity contribution in [3.63, 3.8) is 0 Å². The van der Waals surface area contributed by atoms with E-state index >= 15 is 0 Å². The van der Waals surface area contributed by atoms with Crippen LogP contribution in [0.3, 0.4) is 0 Å². The summed E-state index contributed by atoms with van der Waals surface area (Å²) in [5, 5.41) is 7.81. The van der Waals surface area contributed by atoms with Gasteiger partial charge in [-0.2, -0.15) is 5.10 Å². The van der Waals surface area contributed by atoms with Gasteiger partial charge in [0.25, 0.3) is 0 Å². The maximum absolute atomic E-state index is 4.44. The lowest BCUT2D eigenvalue weighted by atomic mass is 10.1. The molecule has 0 radical (unpaired) electrons. The zero-order valence-electron chi connectivity index (χ0n) is 11.8. The highest BCUT2D eigenvalue weighted by Crippen LogP contribution is 2.13. The predicted molar refractivity (Wildman–Crippen MR) is 79.5 cm³/mol. The van der Waals surface area contributed by atoms with E-state index in [0.29, 0.717) is 6.04 Å². The van der Waals surface area contributed by atoms with Gasteiger partial charge in [-0.15, -0.1) is 0 Å². The molecule has 2 aromatic heterocycles. The molecule has 1 unspecified atom stereocenters. The van der Waals surface area contributed by atoms with Crippen molar-refractivity contribution in [1.29, 1.82) is 0 Å². The molecular weight excluding hydrogens is 250 g/mol. The van der Waals surface area contributed by atoms with Crippen LogP contribution in [0.15, 0.2) is 42.9 Å². The minimum atomic E-state index is 0.336. The molecule has 0 aliphatic rings. The van der Waals surface area contributed by atoms with E-state index < -0.39 is 0 Å². The zero-order valence-corrected chi connectivity index (χ0v) is 11.8. The third-order valence-electron chi connectivity index (χ3n) is 3.58. The van der Waals surface area contributed by atoms with Crippen molar-refractivity contribution >= 4 is 11.0 Å². The number of fused-ring (bicyclic) bond motifs is 1. The SMILES string of the molecule is CNC(Cc1ccn(C)n1)Cn1cnc2ccccc21. The van der Waals surface area contributed by atoms with Crippen LogP contribution < -0.4 is 5.32 Å². The van der Waals surface area contributed by atoms with E-state index in [9.17, 15) is 0 Å². The summed E-state index contributed by atoms with van der Waals surface area (Å²) < 4.78 is 4.04. The van der Waals surface area contributed by atoms with Gasteiger partial charge in [0.15, 0.2) is 0 Å². The molecule has 1 N–H and O–H groups in total. The number of nitrogens with one attached hydrogen (secondary N) is 1. The first-order valence-corrected chi connectivity index (χ1v) is 6.82. The highest BCUT2D eigenvalue weighted by molar-refractivity contribution is 5.74. The molecule has 104 valence electrons. The van der Waals surface area contributed by atoms with Gasteiger partial charge in [-0.3, -0.25) is 4.68 Å². The molecule has 2 heterocycles. The van der Waals surface area contributed by atoms with Crippen molar-refractivity contribution in [2.45, 2.75) is 19.0 Å². The fourth-order valence-corrected chi connectivity index (χ4v) is 2.48. The van der Waals surface area contributed by atoms with Crippen LogP contribution in [0, 0.1) is 0 Å². The van der Waals surface area contributed by atoms with Crippen molar-refractivity contribution in [3.05, 3.63) is 48.5 Å². The second kappa shape index (κ2) is 5.46. The Hall–Kier alpha value is -2.14. The molecule has 0 amide bonds. The molecule has 1 atom stereocenters. The summed E-state index contributed by atoms with van der Waals surface area (Å²) in [5.74, 6) is 0. The smallest absolute Gasteiger partial charge is 0.0958 e. The largest absolute Gasteiger partial charge is 0.329 e. The van der Waals surface area contributed by atoms with Gasteiger partial charge in [-0.1, -0.05) is 12.1 Å². The summed E-state index contributed by atoms with van der Waals surface area (Å²) in [4.78, 5) is 4.43. The van der Waals surface area contributed by atoms with E-state index in [4.69, 9.17) is 0 Å². The standard InChI is InChI=1S/C15H19N5/c1-16-13(9-12-7-8-19(2)18-12)10-20-11-17-14-5-3-4-6-15(14)20/h3-8,11,13,16H,9-10H2,1-2H3. The number of para-hydroxylation sites is 2. The predicted octanol–water partition coefficient (Wildman–Crippen LogP) is 1.60. The number of nitrogens with zero attached hydrogens (tertiary/aromatic N) is 4. The van der Waals surface area contributed by atoms with E-state index in [0.717, 1.165) is 24.2 Å². The molecular formula is C15H19N5. The van der Waals surface area contributed by atoms with Crippen LogP contribution in [0.4, 0.5) is 0 Å². The van der Waals surface area contributed by atoms with Crippen LogP contribution in [0.25, 0.3) is 11.0 Å². The van der Waals surface area contributed by atoms with Gasteiger partial charge >= 0.3 is 0 Å². The van der Waals surface area contributed by atoms with Crippen molar-refractivity contribution < 1.29 is 0 Å². The normalized spacial score (nSPS) is 12.9. The lowest BCUT2D eigenvalue weighted by Crippen LogP contribution is -2.32. The Morgan fingerprint density at radius 1 is 1.25 bits per heavy atom. The molecule has 0 bridgehead atoms. The van der Waals surface area contributed by atoms with Gasteiger partial charge in [0, 0.05) is 32.3 Å². The van der Waals surface area contributed by atoms with E-state index in [-0.39, 0.29) is 0 Å². The molecule has 0 fully saturated rings. The Labute approximate surface area is 118 Å². The zero-order chi connectivity index (χ0) is 13.9. The molecule has 0 aliphatic carbocycles. The van der Waals surface area contributed by atoms with Gasteiger partial charge in [0.05, 0.1) is 23.1 Å². The van der Waals surface area contributed by atoms with Gasteiger partial charge in [0.1, 0.15) is 0 Å². The van der Waals surface area contributed by atoms with Crippen LogP contribution in [0.2, 0.25) is 0 Å². The molecule has 3 rings (SSSR count). The van der Waals surface area contributed by atoms with Gasteiger partial charge in [-0.25, -0.2) is 4.98 Å². The summed E-state index contributed by atoms with van der Waals surface area (Å²) in [6.45, 7) is 0.883. The Bertz CT molecular complexity index is 697. The maximum Gasteiger partial charge on any atom is 0.0958 e. The Morgan fingerprint density at radius 2 is 2.10 bits per heavy atom. The summed E-state index contributed by atoms with van der Waals surface area (Å²) >= 11 is 0. The number of imidazole rings is 1. The fraction of sp³-hybridized carbons (Fsp3) is 0.333. The summed E-state index contributed by atoms with van der Waals surface area (Å²) in [7, 11) is 3.94. The topological polar surface area (TPSA) is 47.7 Å². The Kier molecular flexibility index (Phi) is 3.52. The number of rotatable bonds is 5. The highest BCUT2D eigenvalue weighted by atomic mass is 15.2. The molecule has 20 heavy (non-hydrogen) atoms. The van der Waals surface area contributed by atoms with E-state index in [2.05, 4.69) is 32.1 Å². The van der Waals surface area contributed by atoms with Gasteiger partial charge in [-0.05, 0) is 25.2 Å². The molecule has 0 saturated heterocycles. The number of benzene rings is 1. The maximum atomic E-state index is 4.44. The van der Waals surface area contributed by atoms with Crippen LogP contribution >= 0.6 is 0 Å². The van der Waals surface area contributed by atoms with Crippen molar-refractivity contribution in [2.24, 2.45) is 7.05 Å². The number of aromatic nitrogens is 4. The van der Waals surface area contributed by atoms with Crippen molar-refractivity contribution in [2.75, 3.05) is 7.05 Å². The second-order valence-electron chi connectivity index (χ2n) is 5.06. The van der Waals surface area contributed by atoms with Gasteiger partial charge < -0.3 is 9.88 Å². The molecule has 0 spiro atoms. The number of hydrogen-bond donors (Lipinski definition) is 1. The lowest BCUT2D eigenvalue weighted by Gasteiger charge is -2.16. The minimum absolute atomic E-state index is 0.336. The van der Waals surface area contributed by atoms with E-state index in [1.54, 1.807) is 0 Å². The van der Waals surface area contributed by atoms with Crippen molar-refractivity contribution in [3.8, 4) is 0 Å². The summed E-state index contributed by atoms with van der Waals surface area (Å²) in [5.41, 5.74) is 3.32. The monoisotopic (exact) mass is 269 g/mol. The third kappa shape index (κ3) is 2.58. The van der Waals surface area contributed by atoms with Crippen LogP contribution in [-0.4, -0.2) is 32.4 Å². The van der Waals surface area contributed by atoms with Crippen molar-refractivity contribution in [1.82, 2.24) is 24.6 Å². The highest BCUT2D eigenvalue weighted by Gasteiger charge is 2.11. The first kappa shape index (κ1) is 12.9. The fourth-order valence-electron chi connectivity index (χ4n) is 2.48. The lowest BCUT2D eigenvalue weighted by molar-refractivity contribution is 0.478. The van der Waals surface area contributed by atoms with E-state index in [1.807, 2.05) is 49.5 Å². The van der Waals surface area contributed by atoms with Crippen LogP contribution in [0.5, 0.6) is 0 Å². The third-order valence-corrected chi connectivity index (χ3v) is 3.58. The molecule has 5 nitrogen and oxygen atoms in total. The average Bonchev–Trinajstić information content (AvgIpc) is 3.05. The summed E-state index contributed by atoms with van der Waals surface area (Å²) in [6.07, 6.45) is 4.80. The molecule has 5 heteroatoms. The number of likely N-dealkylation sites (N-methyl/N-ethyl adjacent to an activating group) is 1. The van der Waals surface area contributed by atoms with E-state index in [1.165, 1.54) is 5.52 Å². The minimum Gasteiger partial charge on any atom is -0.329 e. The van der Waals surface area contributed by atoms with Gasteiger partial charge in [0.2, 0.25) is 0 Å². The molecule has 0 aliphatic heterocycles. The second-order valence-corrected chi connectivity index (χ2v) is 5.06. The average molecular weight is 269 g/mol. The Morgan fingerprint density at radius 3 is 2.85 bits per heavy atom. The first-order valence-electron chi connectivity index (χ1n) is 6.82. The quantitative estimate of drug-likeness (QED) is 0.765. The van der Waals surface area contributed by atoms with Crippen LogP contribution in [-0.2, 0) is 20.0 Å². The molecule has 3 aromatic rings. The van der Waals surface area contributed by atoms with Crippen LogP contribution in [0.1, 0.15) is 5.69 Å². The number of aryl methyl sites for hydroxylation is 1. The Balaban J connectivity index is 1.77. The first-order chi connectivity index (χ1) is 9.76. The number of hydrogen-bond acceptors (Lipinski definition) is 3.